The third kappa shape index (κ3) is 3.70. The number of carbonyl (C=O) groups is 1. The van der Waals surface area contributed by atoms with E-state index in [9.17, 15) is 4.79 Å². The van der Waals surface area contributed by atoms with Crippen molar-refractivity contribution in [3.05, 3.63) is 54.1 Å². The van der Waals surface area contributed by atoms with Gasteiger partial charge in [0.05, 0.1) is 14.2 Å². The van der Waals surface area contributed by atoms with Crippen LogP contribution in [0.5, 0.6) is 11.5 Å². The molecular formula is C16H17N3O3S. The first-order valence-electron chi connectivity index (χ1n) is 6.75. The van der Waals surface area contributed by atoms with Gasteiger partial charge >= 0.3 is 0 Å². The van der Waals surface area contributed by atoms with Gasteiger partial charge in [-0.3, -0.25) is 10.2 Å². The molecule has 120 valence electrons. The van der Waals surface area contributed by atoms with Crippen molar-refractivity contribution in [1.82, 2.24) is 5.43 Å². The molecule has 2 aromatic rings. The maximum absolute atomic E-state index is 12.4. The van der Waals surface area contributed by atoms with E-state index in [-0.39, 0.29) is 11.0 Å². The fourth-order valence-electron chi connectivity index (χ4n) is 2.03. The van der Waals surface area contributed by atoms with Crippen LogP contribution in [0.2, 0.25) is 0 Å². The van der Waals surface area contributed by atoms with E-state index in [0.717, 1.165) is 0 Å². The molecule has 0 fully saturated rings. The lowest BCUT2D eigenvalue weighted by Gasteiger charge is -2.26. The van der Waals surface area contributed by atoms with Crippen LogP contribution in [0.3, 0.4) is 0 Å². The fourth-order valence-corrected chi connectivity index (χ4v) is 2.17. The van der Waals surface area contributed by atoms with Gasteiger partial charge in [-0.15, -0.1) is 0 Å². The van der Waals surface area contributed by atoms with E-state index >= 15 is 0 Å². The molecular weight excluding hydrogens is 314 g/mol. The standard InChI is InChI=1S/C16H17N3O3S/c1-21-12-9-6-10-13(22-2)14(12)19(16(17)23)18-15(20)11-7-4-3-5-8-11/h3-10H,1-2H3,(H2,17,23)(H,18,20). The van der Waals surface area contributed by atoms with Gasteiger partial charge in [-0.1, -0.05) is 24.3 Å². The quantitative estimate of drug-likeness (QED) is 0.660. The molecule has 0 aliphatic rings. The van der Waals surface area contributed by atoms with Crippen molar-refractivity contribution >= 4 is 28.9 Å². The summed E-state index contributed by atoms with van der Waals surface area (Å²) in [5.74, 6) is 0.572. The SMILES string of the molecule is COc1cccc(OC)c1N(NC(=O)c1ccccc1)C(N)=S. The van der Waals surface area contributed by atoms with Crippen molar-refractivity contribution in [3.63, 3.8) is 0 Å². The molecule has 0 heterocycles. The molecule has 0 unspecified atom stereocenters. The largest absolute Gasteiger partial charge is 0.494 e. The summed E-state index contributed by atoms with van der Waals surface area (Å²) in [5.41, 5.74) is 9.34. The minimum atomic E-state index is -0.355. The van der Waals surface area contributed by atoms with Crippen molar-refractivity contribution < 1.29 is 14.3 Å². The van der Waals surface area contributed by atoms with Gasteiger partial charge in [-0.05, 0) is 36.5 Å². The Kier molecular flexibility index (Phi) is 5.37. The molecule has 23 heavy (non-hydrogen) atoms. The highest BCUT2D eigenvalue weighted by Crippen LogP contribution is 2.36. The number of ether oxygens (including phenoxy) is 2. The molecule has 3 N–H and O–H groups in total. The monoisotopic (exact) mass is 331 g/mol. The molecule has 0 bridgehead atoms. The van der Waals surface area contributed by atoms with Gasteiger partial charge in [0.15, 0.2) is 5.11 Å². The molecule has 2 rings (SSSR count). The molecule has 0 saturated heterocycles. The maximum atomic E-state index is 12.4. The van der Waals surface area contributed by atoms with Crippen molar-refractivity contribution in [2.75, 3.05) is 19.2 Å². The summed E-state index contributed by atoms with van der Waals surface area (Å²) in [6.45, 7) is 0. The normalized spacial score (nSPS) is 9.83. The molecule has 6 nitrogen and oxygen atoms in total. The van der Waals surface area contributed by atoms with E-state index in [1.807, 2.05) is 6.07 Å². The average molecular weight is 331 g/mol. The summed E-state index contributed by atoms with van der Waals surface area (Å²) in [6, 6.07) is 13.9. The zero-order valence-electron chi connectivity index (χ0n) is 12.8. The third-order valence-electron chi connectivity index (χ3n) is 3.10. The first-order chi connectivity index (χ1) is 11.1. The molecule has 1 amide bonds. The van der Waals surface area contributed by atoms with Crippen molar-refractivity contribution in [2.24, 2.45) is 5.73 Å². The number of hydrogen-bond donors (Lipinski definition) is 2. The van der Waals surface area contributed by atoms with Crippen molar-refractivity contribution in [1.29, 1.82) is 0 Å². The van der Waals surface area contributed by atoms with Gasteiger partial charge in [-0.25, -0.2) is 5.01 Å². The average Bonchev–Trinajstić information content (AvgIpc) is 2.59. The number of thiocarbonyl (C=S) groups is 1. The van der Waals surface area contributed by atoms with Gasteiger partial charge in [-0.2, -0.15) is 0 Å². The predicted octanol–water partition coefficient (Wildman–Crippen LogP) is 2.10. The summed E-state index contributed by atoms with van der Waals surface area (Å²) < 4.78 is 10.6. The molecule has 0 spiro atoms. The number of para-hydroxylation sites is 1. The van der Waals surface area contributed by atoms with E-state index in [2.05, 4.69) is 5.43 Å². The van der Waals surface area contributed by atoms with Crippen LogP contribution in [0.25, 0.3) is 0 Å². The predicted molar refractivity (Wildman–Crippen MR) is 92.7 cm³/mol. The maximum Gasteiger partial charge on any atom is 0.270 e. The van der Waals surface area contributed by atoms with Gasteiger partial charge in [0, 0.05) is 5.56 Å². The lowest BCUT2D eigenvalue weighted by Crippen LogP contribution is -2.49. The highest BCUT2D eigenvalue weighted by molar-refractivity contribution is 7.80. The zero-order chi connectivity index (χ0) is 16.8. The van der Waals surface area contributed by atoms with Crippen LogP contribution in [0.1, 0.15) is 10.4 Å². The summed E-state index contributed by atoms with van der Waals surface area (Å²) in [6.07, 6.45) is 0. The number of rotatable bonds is 4. The Morgan fingerprint density at radius 3 is 2.09 bits per heavy atom. The Balaban J connectivity index is 2.40. The molecule has 0 aliphatic heterocycles. The van der Waals surface area contributed by atoms with Crippen LogP contribution >= 0.6 is 12.2 Å². The molecule has 0 radical (unpaired) electrons. The van der Waals surface area contributed by atoms with E-state index in [1.54, 1.807) is 42.5 Å². The number of amides is 1. The van der Waals surface area contributed by atoms with Crippen molar-refractivity contribution in [2.45, 2.75) is 0 Å². The Morgan fingerprint density at radius 1 is 1.04 bits per heavy atom. The molecule has 2 aromatic carbocycles. The highest BCUT2D eigenvalue weighted by Gasteiger charge is 2.22. The molecule has 7 heteroatoms. The lowest BCUT2D eigenvalue weighted by atomic mass is 10.2. The number of nitrogens with two attached hydrogens (primary N) is 1. The number of methoxy groups -OCH3 is 2. The Hall–Kier alpha value is -2.80. The minimum absolute atomic E-state index is 0.0444. The van der Waals surface area contributed by atoms with Crippen LogP contribution in [0.4, 0.5) is 5.69 Å². The number of hydrazine groups is 1. The number of nitrogens with zero attached hydrogens (tertiary/aromatic N) is 1. The Morgan fingerprint density at radius 2 is 1.61 bits per heavy atom. The second kappa shape index (κ2) is 7.46. The third-order valence-corrected chi connectivity index (χ3v) is 3.28. The second-order valence-corrected chi connectivity index (χ2v) is 4.91. The van der Waals surface area contributed by atoms with Gasteiger partial charge < -0.3 is 15.2 Å². The van der Waals surface area contributed by atoms with Gasteiger partial charge in [0.2, 0.25) is 0 Å². The van der Waals surface area contributed by atoms with E-state index in [4.69, 9.17) is 27.4 Å². The van der Waals surface area contributed by atoms with Crippen LogP contribution in [-0.2, 0) is 0 Å². The second-order valence-electron chi connectivity index (χ2n) is 4.49. The van der Waals surface area contributed by atoms with Crippen LogP contribution in [0, 0.1) is 0 Å². The van der Waals surface area contributed by atoms with E-state index in [1.165, 1.54) is 19.2 Å². The summed E-state index contributed by atoms with van der Waals surface area (Å²) in [7, 11) is 3.02. The number of nitrogens with one attached hydrogen (secondary N) is 1. The Labute approximate surface area is 139 Å². The topological polar surface area (TPSA) is 76.8 Å². The smallest absolute Gasteiger partial charge is 0.270 e. The summed E-state index contributed by atoms with van der Waals surface area (Å²) >= 11 is 5.06. The lowest BCUT2D eigenvalue weighted by molar-refractivity contribution is 0.0955. The van der Waals surface area contributed by atoms with E-state index < -0.39 is 0 Å². The first-order valence-corrected chi connectivity index (χ1v) is 7.16. The number of hydrogen-bond acceptors (Lipinski definition) is 4. The zero-order valence-corrected chi connectivity index (χ0v) is 13.6. The summed E-state index contributed by atoms with van der Waals surface area (Å²) in [5, 5.41) is 1.22. The summed E-state index contributed by atoms with van der Waals surface area (Å²) in [4.78, 5) is 12.4. The van der Waals surface area contributed by atoms with Crippen LogP contribution in [-0.4, -0.2) is 25.2 Å². The highest BCUT2D eigenvalue weighted by atomic mass is 32.1. The minimum Gasteiger partial charge on any atom is -0.494 e. The number of carbonyl (C=O) groups excluding carboxylic acids is 1. The van der Waals surface area contributed by atoms with Crippen LogP contribution in [0.15, 0.2) is 48.5 Å². The Bertz CT molecular complexity index is 685. The van der Waals surface area contributed by atoms with E-state index in [0.29, 0.717) is 22.7 Å². The molecule has 0 aliphatic carbocycles. The number of anilines is 1. The fraction of sp³-hybridized carbons (Fsp3) is 0.125. The first kappa shape index (κ1) is 16.6. The van der Waals surface area contributed by atoms with Crippen molar-refractivity contribution in [3.8, 4) is 11.5 Å². The molecule has 0 aromatic heterocycles. The van der Waals surface area contributed by atoms with Gasteiger partial charge in [0.25, 0.3) is 5.91 Å². The molecule has 0 atom stereocenters. The molecule has 0 saturated carbocycles. The number of benzene rings is 2. The van der Waals surface area contributed by atoms with Gasteiger partial charge in [0.1, 0.15) is 17.2 Å². The van der Waals surface area contributed by atoms with Crippen LogP contribution < -0.4 is 25.6 Å².